The maximum Gasteiger partial charge on any atom is 1.00 e. The van der Waals surface area contributed by atoms with Gasteiger partial charge in [0.1, 0.15) is 0 Å². The Balaban J connectivity index is 0. The van der Waals surface area contributed by atoms with Gasteiger partial charge >= 0.3 is 37.7 Å². The molecule has 2 nitrogen and oxygen atoms in total. The van der Waals surface area contributed by atoms with Crippen LogP contribution in [-0.4, -0.2) is 49.3 Å². The van der Waals surface area contributed by atoms with Crippen LogP contribution >= 0.6 is 0 Å². The predicted octanol–water partition coefficient (Wildman–Crippen LogP) is -0.769. The van der Waals surface area contributed by atoms with Gasteiger partial charge in [0.2, 0.25) is 0 Å². The molecule has 0 rings (SSSR count). The third-order valence-electron chi connectivity index (χ3n) is 0. The van der Waals surface area contributed by atoms with Gasteiger partial charge in [0, 0.05) is 0 Å². The first-order valence-electron chi connectivity index (χ1n) is 0.428. The molecule has 0 bridgehead atoms. The van der Waals surface area contributed by atoms with Crippen molar-refractivity contribution in [2.24, 2.45) is 0 Å². The Labute approximate surface area is 53.8 Å². The summed E-state index contributed by atoms with van der Waals surface area (Å²) in [5.74, 6) is 0. The molecule has 0 spiro atoms. The smallest absolute Gasteiger partial charge is 0.665 e. The van der Waals surface area contributed by atoms with Crippen molar-refractivity contribution in [3.05, 3.63) is 0 Å². The molecule has 0 aromatic rings. The summed E-state index contributed by atoms with van der Waals surface area (Å²) in [6.45, 7) is 0.500. The number of hydrogen-bond donors (Lipinski definition) is 1. The van der Waals surface area contributed by atoms with Crippen LogP contribution in [0, 0.1) is 0 Å². The van der Waals surface area contributed by atoms with E-state index in [1.165, 1.54) is 0 Å². The molecular weight excluding hydrogens is 84.1 g/mol. The standard InChI is InChI=1S/CHO2.Ca/c2-1-3;/h(H,2,3);/q-1;+1. The maximum absolute atomic E-state index is 8.24. The van der Waals surface area contributed by atoms with Gasteiger partial charge < -0.3 is 9.90 Å². The van der Waals surface area contributed by atoms with E-state index in [0.717, 1.165) is 0 Å². The van der Waals surface area contributed by atoms with Crippen LogP contribution in [0.15, 0.2) is 0 Å². The Morgan fingerprint density at radius 1 is 1.75 bits per heavy atom. The predicted molar refractivity (Wildman–Crippen MR) is 14.1 cm³/mol. The van der Waals surface area contributed by atoms with Gasteiger partial charge in [-0.2, -0.15) is 0 Å². The van der Waals surface area contributed by atoms with Crippen LogP contribution in [0.4, 0.5) is 0 Å². The third-order valence-corrected chi connectivity index (χ3v) is 0. The molecule has 0 saturated carbocycles. The van der Waals surface area contributed by atoms with Crippen molar-refractivity contribution in [3.63, 3.8) is 0 Å². The van der Waals surface area contributed by atoms with Crippen molar-refractivity contribution in [2.75, 3.05) is 0 Å². The molecule has 3 heteroatoms. The van der Waals surface area contributed by atoms with E-state index in [1.54, 1.807) is 0 Å². The molecule has 0 aliphatic carbocycles. The number of rotatable bonds is 0. The van der Waals surface area contributed by atoms with Crippen molar-refractivity contribution in [2.45, 2.75) is 0 Å². The largest absolute Gasteiger partial charge is 1.00 e. The molecule has 0 unspecified atom stereocenters. The molecular formula is CHCaO2. The van der Waals surface area contributed by atoms with E-state index in [9.17, 15) is 0 Å². The summed E-state index contributed by atoms with van der Waals surface area (Å²) in [4.78, 5) is 8.24. The van der Waals surface area contributed by atoms with Gasteiger partial charge in [-0.15, -0.1) is 0 Å². The van der Waals surface area contributed by atoms with E-state index < -0.39 is 0 Å². The van der Waals surface area contributed by atoms with Crippen LogP contribution in [0.1, 0.15) is 0 Å². The summed E-state index contributed by atoms with van der Waals surface area (Å²) >= 11 is 0. The molecule has 0 heterocycles. The van der Waals surface area contributed by atoms with E-state index in [1.807, 2.05) is 0 Å². The van der Waals surface area contributed by atoms with Crippen LogP contribution in [0.25, 0.3) is 0 Å². The van der Waals surface area contributed by atoms with E-state index in [2.05, 4.69) is 0 Å². The molecule has 0 aliphatic rings. The van der Waals surface area contributed by atoms with Crippen molar-refractivity contribution in [1.29, 1.82) is 0 Å². The minimum atomic E-state index is 0. The zero-order chi connectivity index (χ0) is 2.71. The molecule has 0 aliphatic heterocycles. The Morgan fingerprint density at radius 3 is 1.75 bits per heavy atom. The third kappa shape index (κ3) is 15.3. The van der Waals surface area contributed by atoms with Gasteiger partial charge in [-0.25, -0.2) is 0 Å². The van der Waals surface area contributed by atoms with Crippen molar-refractivity contribution in [1.82, 2.24) is 0 Å². The molecule has 0 amide bonds. The van der Waals surface area contributed by atoms with E-state index >= 15 is 0 Å². The fraction of sp³-hybridized carbons (Fsp3) is 0. The Kier molecular flexibility index (Phi) is 20.5. The zero-order valence-corrected chi connectivity index (χ0v) is 4.27. The molecule has 4 heavy (non-hydrogen) atoms. The van der Waals surface area contributed by atoms with E-state index in [0.29, 0.717) is 6.47 Å². The quantitative estimate of drug-likeness (QED) is 0.310. The van der Waals surface area contributed by atoms with Gasteiger partial charge in [-0.05, 0) is 0 Å². The van der Waals surface area contributed by atoms with Crippen LogP contribution in [-0.2, 0) is 4.79 Å². The Bertz CT molecular complexity index is 13.5. The van der Waals surface area contributed by atoms with Crippen molar-refractivity contribution in [3.8, 4) is 0 Å². The Hall–Kier alpha value is 0.730. The van der Waals surface area contributed by atoms with Gasteiger partial charge in [0.15, 0.2) is 0 Å². The summed E-state index contributed by atoms with van der Waals surface area (Å²) in [5.41, 5.74) is 0. The summed E-state index contributed by atoms with van der Waals surface area (Å²) in [6.07, 6.45) is 0. The summed E-state index contributed by atoms with van der Waals surface area (Å²) in [5, 5.41) is 6.76. The number of aliphatic hydroxyl groups excluding tert-OH is 1. The fourth-order valence-corrected chi connectivity index (χ4v) is 0. The van der Waals surface area contributed by atoms with Crippen LogP contribution in [0.3, 0.4) is 0 Å². The second-order valence-electron chi connectivity index (χ2n) is 0.0913. The monoisotopic (exact) mass is 85.0 g/mol. The van der Waals surface area contributed by atoms with Gasteiger partial charge in [0.05, 0.1) is 0 Å². The SMILES string of the molecule is O=[C-]O.[Ca+]. The minimum Gasteiger partial charge on any atom is -0.665 e. The first-order valence-corrected chi connectivity index (χ1v) is 0.428. The molecule has 19 valence electrons. The first-order chi connectivity index (χ1) is 1.41. The maximum atomic E-state index is 8.24. The average Bonchev–Trinajstić information content (AvgIpc) is 0.918. The minimum absolute atomic E-state index is 0. The molecule has 0 saturated heterocycles. The first kappa shape index (κ1) is 8.83. The van der Waals surface area contributed by atoms with Gasteiger partial charge in [0.25, 0.3) is 0 Å². The summed E-state index contributed by atoms with van der Waals surface area (Å²) in [6, 6.07) is 0. The van der Waals surface area contributed by atoms with E-state index in [-0.39, 0.29) is 37.7 Å². The van der Waals surface area contributed by atoms with E-state index in [4.69, 9.17) is 9.90 Å². The molecule has 1 N–H and O–H groups in total. The number of hydrogen-bond acceptors (Lipinski definition) is 1. The van der Waals surface area contributed by atoms with Gasteiger partial charge in [-0.1, -0.05) is 6.47 Å². The van der Waals surface area contributed by atoms with Crippen LogP contribution in [0.5, 0.6) is 0 Å². The molecule has 0 aromatic heterocycles. The van der Waals surface area contributed by atoms with Crippen LogP contribution in [0.2, 0.25) is 0 Å². The summed E-state index contributed by atoms with van der Waals surface area (Å²) in [7, 11) is 0. The second-order valence-corrected chi connectivity index (χ2v) is 0.0913. The van der Waals surface area contributed by atoms with Crippen molar-refractivity contribution < 1.29 is 9.90 Å². The van der Waals surface area contributed by atoms with Crippen LogP contribution < -0.4 is 0 Å². The second kappa shape index (κ2) is 9.29. The van der Waals surface area contributed by atoms with Crippen molar-refractivity contribution >= 4 is 44.2 Å². The average molecular weight is 85.1 g/mol. The molecule has 1 radical (unpaired) electrons. The molecule has 0 aromatic carbocycles. The van der Waals surface area contributed by atoms with Gasteiger partial charge in [-0.3, -0.25) is 0 Å². The topological polar surface area (TPSA) is 37.3 Å². The normalized spacial score (nSPS) is 3.00. The molecule has 0 atom stereocenters. The fourth-order valence-electron chi connectivity index (χ4n) is 0. The summed E-state index contributed by atoms with van der Waals surface area (Å²) < 4.78 is 0. The molecule has 0 fully saturated rings. The zero-order valence-electron chi connectivity index (χ0n) is 2.06. The Morgan fingerprint density at radius 2 is 1.75 bits per heavy atom.